The molecule has 0 radical (unpaired) electrons. The Morgan fingerprint density at radius 2 is 0.894 bits per heavy atom. The summed E-state index contributed by atoms with van der Waals surface area (Å²) < 4.78 is 171. The topological polar surface area (TPSA) is 46.2 Å². The maximum atomic E-state index is 15.1. The van der Waals surface area contributed by atoms with Crippen LogP contribution in [-0.2, 0) is 12.2 Å². The van der Waals surface area contributed by atoms with E-state index in [1.807, 2.05) is 0 Å². The molecule has 0 aliphatic heterocycles. The average Bonchev–Trinajstić information content (AvgIpc) is 3.27. The summed E-state index contributed by atoms with van der Waals surface area (Å²) in [6.45, 7) is 5.68. The Labute approximate surface area is 375 Å². The minimum atomic E-state index is -4.21. The predicted molar refractivity (Wildman–Crippen MR) is 229 cm³/mol. The molecule has 0 heterocycles. The highest BCUT2D eigenvalue weighted by atomic mass is 19.3. The van der Waals surface area contributed by atoms with Crippen molar-refractivity contribution in [2.45, 2.75) is 71.5 Å². The normalized spacial score (nSPS) is 12.2. The Hall–Kier alpha value is -6.38. The summed E-state index contributed by atoms with van der Waals surface area (Å²) in [7, 11) is 0. The summed E-state index contributed by atoms with van der Waals surface area (Å²) in [4.78, 5) is 0. The predicted octanol–water partition coefficient (Wildman–Crippen LogP) is 15.3. The van der Waals surface area contributed by atoms with E-state index in [1.165, 1.54) is 86.6 Å². The van der Waals surface area contributed by atoms with Crippen LogP contribution < -0.4 is 23.7 Å². The fraction of sp³-hybridized carbons (Fsp3) is 0.294. The van der Waals surface area contributed by atoms with Gasteiger partial charge in [0.2, 0.25) is 5.82 Å². The summed E-state index contributed by atoms with van der Waals surface area (Å²) in [6, 6.07) is 22.2. The highest BCUT2D eigenvalue weighted by molar-refractivity contribution is 5.67. The Balaban J connectivity index is 0.865. The summed E-state index contributed by atoms with van der Waals surface area (Å²) in [5, 5.41) is 0. The van der Waals surface area contributed by atoms with Gasteiger partial charge in [-0.2, -0.15) is 22.0 Å². The highest BCUT2D eigenvalue weighted by Crippen LogP contribution is 2.39. The van der Waals surface area contributed by atoms with Crippen molar-refractivity contribution in [2.24, 2.45) is 5.92 Å². The maximum absolute atomic E-state index is 15.1. The molecule has 350 valence electrons. The fourth-order valence-electron chi connectivity index (χ4n) is 7.06. The van der Waals surface area contributed by atoms with Crippen molar-refractivity contribution in [2.75, 3.05) is 19.8 Å². The third-order valence-corrected chi connectivity index (χ3v) is 10.7. The number of aryl methyl sites for hydroxylation is 1. The molecule has 66 heavy (non-hydrogen) atoms. The average molecular weight is 929 g/mol. The van der Waals surface area contributed by atoms with Gasteiger partial charge in [0.15, 0.2) is 23.2 Å². The van der Waals surface area contributed by atoms with E-state index in [2.05, 4.69) is 11.7 Å². The molecule has 6 aromatic carbocycles. The van der Waals surface area contributed by atoms with Crippen molar-refractivity contribution in [1.29, 1.82) is 0 Å². The van der Waals surface area contributed by atoms with E-state index in [-0.39, 0.29) is 34.8 Å². The molecule has 0 aliphatic rings. The molecule has 0 spiro atoms. The fourth-order valence-corrected chi connectivity index (χ4v) is 7.06. The van der Waals surface area contributed by atoms with Crippen molar-refractivity contribution in [1.82, 2.24) is 0 Å². The number of ether oxygens (including phenoxy) is 5. The zero-order chi connectivity index (χ0) is 47.6. The summed E-state index contributed by atoms with van der Waals surface area (Å²) in [6.07, 6.45) is -3.23. The molecule has 1 atom stereocenters. The standard InChI is InChI=1S/C51H46F10O5/c1-4-62-45-26-25-42(48(56)49(45)57)51(60,61)66-36-18-14-34(15-19-36)40-23-21-38(30-44(40)53)64-28-8-6-10-31(2)9-5-7-27-63-37-20-22-39(43(52)29-37)33-12-16-35(17-13-33)65-50(58,59)41-24-11-32(3)46(54)47(41)55/h11-26,29-31H,4-10,27-28H2,1-3H3. The number of hydrogen-bond acceptors (Lipinski definition) is 5. The smallest absolute Gasteiger partial charge is 0.429 e. The van der Waals surface area contributed by atoms with Gasteiger partial charge in [-0.1, -0.05) is 50.1 Å². The molecule has 0 aliphatic carbocycles. The SMILES string of the molecule is CCOc1ccc(C(F)(F)Oc2ccc(-c3ccc(OCCCCC(C)CCCCOc4ccc(-c5ccc(OC(F)(F)c6ccc(C)c(F)c6F)cc5)c(F)c4)cc3F)cc2)c(F)c1F. The van der Waals surface area contributed by atoms with Gasteiger partial charge in [-0.05, 0) is 129 Å². The number of halogens is 10. The lowest BCUT2D eigenvalue weighted by atomic mass is 9.98. The molecule has 0 fully saturated rings. The molecule has 0 amide bonds. The summed E-state index contributed by atoms with van der Waals surface area (Å²) in [5.41, 5.74) is -1.55. The molecule has 0 aromatic heterocycles. The molecule has 1 unspecified atom stereocenters. The van der Waals surface area contributed by atoms with Crippen molar-refractivity contribution < 1.29 is 67.6 Å². The van der Waals surface area contributed by atoms with Crippen LogP contribution in [0.2, 0.25) is 0 Å². The van der Waals surface area contributed by atoms with E-state index in [4.69, 9.17) is 18.9 Å². The second-order valence-electron chi connectivity index (χ2n) is 15.6. The first-order valence-electron chi connectivity index (χ1n) is 21.2. The molecule has 6 aromatic rings. The monoisotopic (exact) mass is 928 g/mol. The van der Waals surface area contributed by atoms with Crippen LogP contribution in [0, 0.1) is 47.7 Å². The molecule has 6 rings (SSSR count). The zero-order valence-electron chi connectivity index (χ0n) is 36.2. The minimum absolute atomic E-state index is 0.0128. The Morgan fingerprint density at radius 3 is 1.33 bits per heavy atom. The zero-order valence-corrected chi connectivity index (χ0v) is 36.2. The second kappa shape index (κ2) is 21.7. The van der Waals surface area contributed by atoms with Crippen molar-refractivity contribution in [3.63, 3.8) is 0 Å². The Kier molecular flexibility index (Phi) is 16.2. The van der Waals surface area contributed by atoms with E-state index in [0.29, 0.717) is 47.8 Å². The lowest BCUT2D eigenvalue weighted by Gasteiger charge is -2.20. The molecular formula is C51H46F10O5. The van der Waals surface area contributed by atoms with Gasteiger partial charge in [0.05, 0.1) is 19.8 Å². The molecule has 0 bridgehead atoms. The molecular weight excluding hydrogens is 883 g/mol. The Morgan fingerprint density at radius 1 is 0.470 bits per heavy atom. The van der Waals surface area contributed by atoms with Crippen molar-refractivity contribution in [3.8, 4) is 51.0 Å². The van der Waals surface area contributed by atoms with Crippen LogP contribution in [0.25, 0.3) is 22.3 Å². The number of hydrogen-bond donors (Lipinski definition) is 0. The minimum Gasteiger partial charge on any atom is -0.493 e. The molecule has 5 nitrogen and oxygen atoms in total. The first kappa shape index (κ1) is 49.1. The third-order valence-electron chi connectivity index (χ3n) is 10.7. The van der Waals surface area contributed by atoms with E-state index < -0.39 is 64.0 Å². The van der Waals surface area contributed by atoms with Crippen LogP contribution in [0.1, 0.15) is 69.1 Å². The van der Waals surface area contributed by atoms with Gasteiger partial charge in [-0.3, -0.25) is 0 Å². The number of benzene rings is 6. The quantitative estimate of drug-likeness (QED) is 0.0501. The highest BCUT2D eigenvalue weighted by Gasteiger charge is 2.40. The van der Waals surface area contributed by atoms with Gasteiger partial charge >= 0.3 is 12.2 Å². The molecule has 15 heteroatoms. The van der Waals surface area contributed by atoms with E-state index in [1.54, 1.807) is 12.1 Å². The van der Waals surface area contributed by atoms with Crippen LogP contribution in [0.3, 0.4) is 0 Å². The van der Waals surface area contributed by atoms with E-state index >= 15 is 8.78 Å². The lowest BCUT2D eigenvalue weighted by Crippen LogP contribution is -2.24. The number of unbranched alkanes of at least 4 members (excludes halogenated alkanes) is 2. The summed E-state index contributed by atoms with van der Waals surface area (Å²) >= 11 is 0. The Bertz CT molecular complexity index is 2570. The molecule has 0 saturated carbocycles. The van der Waals surface area contributed by atoms with Gasteiger partial charge in [0.25, 0.3) is 0 Å². The van der Waals surface area contributed by atoms with E-state index in [0.717, 1.165) is 56.7 Å². The van der Waals surface area contributed by atoms with E-state index in [9.17, 15) is 35.1 Å². The van der Waals surface area contributed by atoms with Gasteiger partial charge in [-0.25, -0.2) is 22.0 Å². The summed E-state index contributed by atoms with van der Waals surface area (Å²) in [5.74, 6) is -7.72. The van der Waals surface area contributed by atoms with Crippen LogP contribution >= 0.6 is 0 Å². The molecule has 0 saturated heterocycles. The largest absolute Gasteiger partial charge is 0.493 e. The second-order valence-corrected chi connectivity index (χ2v) is 15.6. The van der Waals surface area contributed by atoms with Gasteiger partial charge in [-0.15, -0.1) is 0 Å². The van der Waals surface area contributed by atoms with Crippen molar-refractivity contribution >= 4 is 0 Å². The van der Waals surface area contributed by atoms with Gasteiger partial charge in [0.1, 0.15) is 45.8 Å². The van der Waals surface area contributed by atoms with Gasteiger partial charge in [0, 0.05) is 23.3 Å². The van der Waals surface area contributed by atoms with Crippen molar-refractivity contribution in [3.05, 3.63) is 161 Å². The van der Waals surface area contributed by atoms with Crippen LogP contribution in [0.4, 0.5) is 43.9 Å². The first-order chi connectivity index (χ1) is 31.5. The first-order valence-corrected chi connectivity index (χ1v) is 21.2. The number of rotatable bonds is 22. The number of alkyl halides is 4. The maximum Gasteiger partial charge on any atom is 0.429 e. The third kappa shape index (κ3) is 12.3. The van der Waals surface area contributed by atoms with Crippen LogP contribution in [-0.4, -0.2) is 19.8 Å². The van der Waals surface area contributed by atoms with Crippen LogP contribution in [0.15, 0.2) is 109 Å². The van der Waals surface area contributed by atoms with Gasteiger partial charge < -0.3 is 23.7 Å². The molecule has 0 N–H and O–H groups in total. The van der Waals surface area contributed by atoms with Crippen LogP contribution in [0.5, 0.6) is 28.7 Å². The lowest BCUT2D eigenvalue weighted by molar-refractivity contribution is -0.188.